The maximum absolute atomic E-state index is 12.5. The van der Waals surface area contributed by atoms with E-state index in [2.05, 4.69) is 22.3 Å². The minimum Gasteiger partial charge on any atom is -0.481 e. The molecule has 0 aliphatic carbocycles. The van der Waals surface area contributed by atoms with E-state index in [9.17, 15) is 13.2 Å². The Balaban J connectivity index is 1.50. The Morgan fingerprint density at radius 1 is 1.09 bits per heavy atom. The molecule has 0 aromatic heterocycles. The number of anilines is 1. The standard InChI is InChI=1S/C24H33N3O4S/c1-19(31-23-12-10-22(11-13-23)26(2)32(3,29)30)24(28)25-17-20-8-7-9-21(16-20)18-27-14-5-4-6-15-27/h7-13,16,19H,4-6,14-15,17-18H2,1-3H3,(H,25,28)/t19-/m0/s1. The van der Waals surface area contributed by atoms with Crippen LogP contribution in [0.4, 0.5) is 5.69 Å². The highest BCUT2D eigenvalue weighted by molar-refractivity contribution is 7.92. The van der Waals surface area contributed by atoms with Gasteiger partial charge in [-0.3, -0.25) is 14.0 Å². The number of rotatable bonds is 9. The van der Waals surface area contributed by atoms with E-state index in [0.29, 0.717) is 18.0 Å². The highest BCUT2D eigenvalue weighted by Gasteiger charge is 2.16. The fraction of sp³-hybridized carbons (Fsp3) is 0.458. The molecule has 174 valence electrons. The van der Waals surface area contributed by atoms with Crippen LogP contribution in [0.1, 0.15) is 37.3 Å². The van der Waals surface area contributed by atoms with Crippen LogP contribution < -0.4 is 14.4 Å². The van der Waals surface area contributed by atoms with Crippen molar-refractivity contribution >= 4 is 21.6 Å². The van der Waals surface area contributed by atoms with Gasteiger partial charge in [-0.25, -0.2) is 8.42 Å². The summed E-state index contributed by atoms with van der Waals surface area (Å²) in [6, 6.07) is 15.0. The molecule has 2 aromatic carbocycles. The molecule has 1 N–H and O–H groups in total. The van der Waals surface area contributed by atoms with E-state index in [1.807, 2.05) is 12.1 Å². The summed E-state index contributed by atoms with van der Waals surface area (Å²) >= 11 is 0. The first-order chi connectivity index (χ1) is 15.2. The van der Waals surface area contributed by atoms with Crippen LogP contribution in [0, 0.1) is 0 Å². The number of hydrogen-bond acceptors (Lipinski definition) is 5. The first-order valence-corrected chi connectivity index (χ1v) is 12.9. The van der Waals surface area contributed by atoms with Crippen LogP contribution in [-0.4, -0.2) is 51.7 Å². The number of sulfonamides is 1. The van der Waals surface area contributed by atoms with E-state index in [1.54, 1.807) is 31.2 Å². The van der Waals surface area contributed by atoms with Crippen molar-refractivity contribution < 1.29 is 17.9 Å². The molecule has 3 rings (SSSR count). The van der Waals surface area contributed by atoms with Gasteiger partial charge in [-0.15, -0.1) is 0 Å². The van der Waals surface area contributed by atoms with Crippen molar-refractivity contribution in [2.45, 2.75) is 45.4 Å². The van der Waals surface area contributed by atoms with Gasteiger partial charge in [0.2, 0.25) is 10.0 Å². The molecule has 0 bridgehead atoms. The Kier molecular flexibility index (Phi) is 8.15. The number of hydrogen-bond donors (Lipinski definition) is 1. The molecule has 8 heteroatoms. The van der Waals surface area contributed by atoms with Crippen molar-refractivity contribution in [3.63, 3.8) is 0 Å². The van der Waals surface area contributed by atoms with Crippen LogP contribution in [0.2, 0.25) is 0 Å². The number of piperidine rings is 1. The molecule has 0 unspecified atom stereocenters. The van der Waals surface area contributed by atoms with Crippen molar-refractivity contribution in [2.75, 3.05) is 30.7 Å². The van der Waals surface area contributed by atoms with E-state index in [0.717, 1.165) is 31.5 Å². The van der Waals surface area contributed by atoms with Crippen molar-refractivity contribution in [1.82, 2.24) is 10.2 Å². The number of nitrogens with zero attached hydrogens (tertiary/aromatic N) is 2. The lowest BCUT2D eigenvalue weighted by molar-refractivity contribution is -0.127. The van der Waals surface area contributed by atoms with Crippen molar-refractivity contribution in [3.05, 3.63) is 59.7 Å². The maximum atomic E-state index is 12.5. The molecule has 1 aliphatic rings. The molecule has 1 amide bonds. The van der Waals surface area contributed by atoms with Crippen LogP contribution in [0.15, 0.2) is 48.5 Å². The van der Waals surface area contributed by atoms with E-state index >= 15 is 0 Å². The molecule has 0 radical (unpaired) electrons. The van der Waals surface area contributed by atoms with E-state index in [1.165, 1.54) is 36.2 Å². The molecule has 1 saturated heterocycles. The van der Waals surface area contributed by atoms with Crippen molar-refractivity contribution in [2.24, 2.45) is 0 Å². The second kappa shape index (κ2) is 10.8. The van der Waals surface area contributed by atoms with E-state index in [4.69, 9.17) is 4.74 Å². The maximum Gasteiger partial charge on any atom is 0.261 e. The summed E-state index contributed by atoms with van der Waals surface area (Å²) in [6.45, 7) is 5.39. The Morgan fingerprint density at radius 2 is 1.75 bits per heavy atom. The number of amides is 1. The molecule has 0 saturated carbocycles. The summed E-state index contributed by atoms with van der Waals surface area (Å²) < 4.78 is 30.2. The summed E-state index contributed by atoms with van der Waals surface area (Å²) in [7, 11) is -1.84. The van der Waals surface area contributed by atoms with Gasteiger partial charge in [0.15, 0.2) is 6.10 Å². The number of ether oxygens (including phenoxy) is 1. The van der Waals surface area contributed by atoms with Gasteiger partial charge < -0.3 is 10.1 Å². The topological polar surface area (TPSA) is 78.9 Å². The monoisotopic (exact) mass is 459 g/mol. The Bertz CT molecular complexity index is 1000. The molecule has 1 heterocycles. The first-order valence-electron chi connectivity index (χ1n) is 11.0. The minimum absolute atomic E-state index is 0.205. The number of nitrogens with one attached hydrogen (secondary N) is 1. The third-order valence-corrected chi connectivity index (χ3v) is 6.90. The van der Waals surface area contributed by atoms with Crippen LogP contribution in [-0.2, 0) is 27.9 Å². The molecule has 32 heavy (non-hydrogen) atoms. The lowest BCUT2D eigenvalue weighted by Gasteiger charge is -2.26. The predicted molar refractivity (Wildman–Crippen MR) is 127 cm³/mol. The Morgan fingerprint density at radius 3 is 2.41 bits per heavy atom. The number of carbonyl (C=O) groups excluding carboxylic acids is 1. The molecule has 0 spiro atoms. The van der Waals surface area contributed by atoms with Crippen LogP contribution in [0.3, 0.4) is 0 Å². The quantitative estimate of drug-likeness (QED) is 0.623. The summed E-state index contributed by atoms with van der Waals surface area (Å²) in [5.41, 5.74) is 2.86. The molecule has 7 nitrogen and oxygen atoms in total. The summed E-state index contributed by atoms with van der Waals surface area (Å²) in [5.74, 6) is 0.297. The van der Waals surface area contributed by atoms with Crippen molar-refractivity contribution in [3.8, 4) is 5.75 Å². The average Bonchev–Trinajstić information content (AvgIpc) is 2.78. The van der Waals surface area contributed by atoms with Gasteiger partial charge in [-0.2, -0.15) is 0 Å². The third-order valence-electron chi connectivity index (χ3n) is 5.69. The normalized spacial score (nSPS) is 15.7. The van der Waals surface area contributed by atoms with Gasteiger partial charge in [0, 0.05) is 20.1 Å². The van der Waals surface area contributed by atoms with Gasteiger partial charge in [0.05, 0.1) is 11.9 Å². The largest absolute Gasteiger partial charge is 0.481 e. The summed E-state index contributed by atoms with van der Waals surface area (Å²) in [5, 5.41) is 2.93. The van der Waals surface area contributed by atoms with Gasteiger partial charge in [-0.1, -0.05) is 30.7 Å². The highest BCUT2D eigenvalue weighted by atomic mass is 32.2. The molecular formula is C24H33N3O4S. The van der Waals surface area contributed by atoms with E-state index in [-0.39, 0.29) is 5.91 Å². The number of benzene rings is 2. The molecule has 1 aliphatic heterocycles. The molecular weight excluding hydrogens is 426 g/mol. The molecule has 1 fully saturated rings. The Labute approximate surface area is 191 Å². The summed E-state index contributed by atoms with van der Waals surface area (Å²) in [6.07, 6.45) is 4.33. The van der Waals surface area contributed by atoms with Gasteiger partial charge in [0.1, 0.15) is 5.75 Å². The van der Waals surface area contributed by atoms with Gasteiger partial charge in [-0.05, 0) is 68.2 Å². The molecule has 2 aromatic rings. The average molecular weight is 460 g/mol. The number of carbonyl (C=O) groups is 1. The fourth-order valence-corrected chi connectivity index (χ4v) is 4.24. The SMILES string of the molecule is C[C@H](Oc1ccc(N(C)S(C)(=O)=O)cc1)C(=O)NCc1cccc(CN2CCCCC2)c1. The van der Waals surface area contributed by atoms with Crippen LogP contribution in [0.5, 0.6) is 5.75 Å². The smallest absolute Gasteiger partial charge is 0.261 e. The number of likely N-dealkylation sites (tertiary alicyclic amines) is 1. The lowest BCUT2D eigenvalue weighted by Crippen LogP contribution is -2.36. The molecule has 1 atom stereocenters. The van der Waals surface area contributed by atoms with Gasteiger partial charge in [0.25, 0.3) is 5.91 Å². The first kappa shape index (κ1) is 24.1. The van der Waals surface area contributed by atoms with Crippen LogP contribution in [0.25, 0.3) is 0 Å². The lowest BCUT2D eigenvalue weighted by atomic mass is 10.1. The van der Waals surface area contributed by atoms with E-state index < -0.39 is 16.1 Å². The van der Waals surface area contributed by atoms with Crippen LogP contribution >= 0.6 is 0 Å². The second-order valence-corrected chi connectivity index (χ2v) is 10.4. The minimum atomic E-state index is -3.32. The Hall–Kier alpha value is -2.58. The third kappa shape index (κ3) is 6.97. The van der Waals surface area contributed by atoms with Crippen molar-refractivity contribution in [1.29, 1.82) is 0 Å². The second-order valence-electron chi connectivity index (χ2n) is 8.36. The van der Waals surface area contributed by atoms with Gasteiger partial charge >= 0.3 is 0 Å². The zero-order valence-corrected chi connectivity index (χ0v) is 19.9. The predicted octanol–water partition coefficient (Wildman–Crippen LogP) is 3.15. The zero-order chi connectivity index (χ0) is 23.1. The highest BCUT2D eigenvalue weighted by Crippen LogP contribution is 2.21. The fourth-order valence-electron chi connectivity index (χ4n) is 3.73. The zero-order valence-electron chi connectivity index (χ0n) is 19.1. The summed E-state index contributed by atoms with van der Waals surface area (Å²) in [4.78, 5) is 15.0.